The molecular formula is C51H49N3O7. The number of carbonyl (C=O) groups excluding carboxylic acids is 3. The maximum absolute atomic E-state index is 13.3. The van der Waals surface area contributed by atoms with Crippen LogP contribution in [0, 0.1) is 0 Å². The maximum Gasteiger partial charge on any atom is 0.408 e. The summed E-state index contributed by atoms with van der Waals surface area (Å²) >= 11 is 0. The zero-order valence-corrected chi connectivity index (χ0v) is 33.8. The smallest absolute Gasteiger partial charge is 0.408 e. The summed E-state index contributed by atoms with van der Waals surface area (Å²) in [6.07, 6.45) is -1.32. The molecule has 2 aliphatic rings. The van der Waals surface area contributed by atoms with Crippen molar-refractivity contribution in [3.05, 3.63) is 203 Å². The normalized spacial score (nSPS) is 19.0. The summed E-state index contributed by atoms with van der Waals surface area (Å²) in [5.74, 6) is -0.833. The van der Waals surface area contributed by atoms with Crippen LogP contribution in [0.25, 0.3) is 11.1 Å². The Morgan fingerprint density at radius 3 is 1.93 bits per heavy atom. The van der Waals surface area contributed by atoms with Crippen LogP contribution < -0.4 is 5.32 Å². The second kappa shape index (κ2) is 19.8. The minimum atomic E-state index is -0.991. The first-order chi connectivity index (χ1) is 29.9. The van der Waals surface area contributed by atoms with Crippen molar-refractivity contribution in [2.24, 2.45) is 0 Å². The Morgan fingerprint density at radius 1 is 0.672 bits per heavy atom. The molecule has 2 heterocycles. The minimum absolute atomic E-state index is 0.0313. The number of rotatable bonds is 15. The molecule has 0 aliphatic carbocycles. The Balaban J connectivity index is 0.981. The third-order valence-corrected chi connectivity index (χ3v) is 11.1. The number of benzene rings is 6. The molecule has 2 aliphatic heterocycles. The summed E-state index contributed by atoms with van der Waals surface area (Å²) in [6.45, 7) is 2.29. The number of nitrogens with one attached hydrogen (secondary N) is 1. The lowest BCUT2D eigenvalue weighted by Crippen LogP contribution is -2.41. The SMILES string of the molecule is O=C(NC1CC(=O)N(Cc2cccc(-c3cccc([C@@H]4O[C@H](CN(Cc5ccccc5)Cc5ccccc5)C[C@H](c5ccc(CO)cc5)O4)c3)c2)C1=O)OCc1ccccc1. The van der Waals surface area contributed by atoms with Crippen LogP contribution in [0.1, 0.15) is 64.2 Å². The fourth-order valence-corrected chi connectivity index (χ4v) is 7.95. The van der Waals surface area contributed by atoms with Gasteiger partial charge < -0.3 is 24.6 Å². The van der Waals surface area contributed by atoms with Gasteiger partial charge in [-0.1, -0.05) is 152 Å². The molecule has 2 fully saturated rings. The van der Waals surface area contributed by atoms with Crippen LogP contribution in [0.2, 0.25) is 0 Å². The molecule has 8 rings (SSSR count). The number of alkyl carbamates (subject to hydrolysis) is 1. The van der Waals surface area contributed by atoms with Crippen molar-refractivity contribution in [2.75, 3.05) is 6.54 Å². The summed E-state index contributed by atoms with van der Waals surface area (Å²) in [5, 5.41) is 12.3. The van der Waals surface area contributed by atoms with Crippen molar-refractivity contribution in [1.82, 2.24) is 15.1 Å². The van der Waals surface area contributed by atoms with E-state index in [9.17, 15) is 19.5 Å². The van der Waals surface area contributed by atoms with Crippen LogP contribution in [0.4, 0.5) is 4.79 Å². The van der Waals surface area contributed by atoms with E-state index in [2.05, 4.69) is 64.8 Å². The van der Waals surface area contributed by atoms with E-state index in [4.69, 9.17) is 14.2 Å². The van der Waals surface area contributed by atoms with Crippen LogP contribution >= 0.6 is 0 Å². The van der Waals surface area contributed by atoms with Gasteiger partial charge in [0.05, 0.1) is 31.8 Å². The summed E-state index contributed by atoms with van der Waals surface area (Å²) in [6, 6.07) is 52.9. The number of aliphatic hydroxyl groups is 1. The van der Waals surface area contributed by atoms with E-state index < -0.39 is 24.3 Å². The summed E-state index contributed by atoms with van der Waals surface area (Å²) < 4.78 is 18.9. The van der Waals surface area contributed by atoms with Crippen LogP contribution in [-0.2, 0) is 56.6 Å². The van der Waals surface area contributed by atoms with E-state index in [0.29, 0.717) is 13.0 Å². The Hall–Kier alpha value is -6.43. The number of amides is 3. The number of nitrogens with zero attached hydrogens (tertiary/aromatic N) is 2. The van der Waals surface area contributed by atoms with Crippen molar-refractivity contribution in [1.29, 1.82) is 0 Å². The molecule has 3 amide bonds. The van der Waals surface area contributed by atoms with Gasteiger partial charge >= 0.3 is 6.09 Å². The molecule has 0 spiro atoms. The third-order valence-electron chi connectivity index (χ3n) is 11.1. The Labute approximate surface area is 356 Å². The molecule has 0 radical (unpaired) electrons. The molecule has 6 aromatic rings. The predicted molar refractivity (Wildman–Crippen MR) is 231 cm³/mol. The number of ether oxygens (including phenoxy) is 3. The Kier molecular flexibility index (Phi) is 13.4. The number of likely N-dealkylation sites (tertiary alicyclic amines) is 1. The molecule has 6 aromatic carbocycles. The average Bonchev–Trinajstić information content (AvgIpc) is 3.56. The zero-order valence-electron chi connectivity index (χ0n) is 33.8. The van der Waals surface area contributed by atoms with Crippen LogP contribution in [0.5, 0.6) is 0 Å². The molecule has 61 heavy (non-hydrogen) atoms. The van der Waals surface area contributed by atoms with Gasteiger partial charge in [-0.25, -0.2) is 4.79 Å². The highest BCUT2D eigenvalue weighted by atomic mass is 16.7. The quantitative estimate of drug-likeness (QED) is 0.0990. The van der Waals surface area contributed by atoms with Crippen LogP contribution in [0.3, 0.4) is 0 Å². The van der Waals surface area contributed by atoms with Gasteiger partial charge in [-0.2, -0.15) is 0 Å². The predicted octanol–water partition coefficient (Wildman–Crippen LogP) is 8.65. The van der Waals surface area contributed by atoms with Gasteiger partial charge in [-0.05, 0) is 56.6 Å². The molecule has 0 bridgehead atoms. The van der Waals surface area contributed by atoms with Gasteiger partial charge in [0.2, 0.25) is 5.91 Å². The highest BCUT2D eigenvalue weighted by Gasteiger charge is 2.40. The monoisotopic (exact) mass is 815 g/mol. The molecule has 10 heteroatoms. The molecule has 0 saturated carbocycles. The van der Waals surface area contributed by atoms with E-state index in [1.807, 2.05) is 109 Å². The van der Waals surface area contributed by atoms with Crippen LogP contribution in [0.15, 0.2) is 164 Å². The summed E-state index contributed by atoms with van der Waals surface area (Å²) in [7, 11) is 0. The van der Waals surface area contributed by atoms with Crippen molar-refractivity contribution in [3.63, 3.8) is 0 Å². The minimum Gasteiger partial charge on any atom is -0.445 e. The lowest BCUT2D eigenvalue weighted by molar-refractivity contribution is -0.253. The van der Waals surface area contributed by atoms with E-state index >= 15 is 0 Å². The van der Waals surface area contributed by atoms with Gasteiger partial charge in [-0.15, -0.1) is 0 Å². The Bertz CT molecular complexity index is 2350. The molecule has 2 saturated heterocycles. The highest BCUT2D eigenvalue weighted by Crippen LogP contribution is 2.39. The van der Waals surface area contributed by atoms with E-state index in [1.54, 1.807) is 0 Å². The van der Waals surface area contributed by atoms with E-state index in [-0.39, 0.29) is 44.3 Å². The second-order valence-corrected chi connectivity index (χ2v) is 15.6. The zero-order chi connectivity index (χ0) is 42.0. The largest absolute Gasteiger partial charge is 0.445 e. The van der Waals surface area contributed by atoms with Crippen molar-refractivity contribution in [2.45, 2.75) is 70.2 Å². The second-order valence-electron chi connectivity index (χ2n) is 15.6. The number of carbonyl (C=O) groups is 3. The summed E-state index contributed by atoms with van der Waals surface area (Å²) in [4.78, 5) is 42.5. The standard InChI is InChI=1S/C51H49N3O7/c55-34-38-22-24-41(25-23-38)47-28-45(33-53(30-36-12-4-1-5-13-36)31-37-14-6-2-7-15-37)60-50(61-47)44-21-11-20-43(27-44)42-19-10-18-40(26-42)32-54-48(56)29-46(49(54)57)52-51(58)59-35-39-16-8-3-9-17-39/h1-27,45-47,50,55H,28-35H2,(H,52,58)/t45-,46?,47+,50+/m0/s1. The third kappa shape index (κ3) is 10.9. The highest BCUT2D eigenvalue weighted by molar-refractivity contribution is 6.06. The molecule has 10 nitrogen and oxygen atoms in total. The number of imide groups is 1. The first-order valence-electron chi connectivity index (χ1n) is 20.7. The Morgan fingerprint density at radius 2 is 1.28 bits per heavy atom. The maximum atomic E-state index is 13.3. The van der Waals surface area contributed by atoms with Gasteiger partial charge in [0.1, 0.15) is 12.6 Å². The van der Waals surface area contributed by atoms with Crippen molar-refractivity contribution < 1.29 is 33.7 Å². The lowest BCUT2D eigenvalue weighted by atomic mass is 9.98. The average molecular weight is 816 g/mol. The molecular weight excluding hydrogens is 767 g/mol. The molecule has 310 valence electrons. The van der Waals surface area contributed by atoms with E-state index in [1.165, 1.54) is 16.0 Å². The topological polar surface area (TPSA) is 118 Å². The van der Waals surface area contributed by atoms with Gasteiger partial charge in [0.15, 0.2) is 6.29 Å². The van der Waals surface area contributed by atoms with Gasteiger partial charge in [0, 0.05) is 31.6 Å². The first-order valence-corrected chi connectivity index (χ1v) is 20.7. The van der Waals surface area contributed by atoms with Gasteiger partial charge in [-0.3, -0.25) is 19.4 Å². The van der Waals surface area contributed by atoms with Crippen LogP contribution in [-0.4, -0.2) is 51.5 Å². The molecule has 0 aromatic heterocycles. The summed E-state index contributed by atoms with van der Waals surface area (Å²) in [5.41, 5.74) is 8.58. The number of hydrogen-bond acceptors (Lipinski definition) is 8. The fraction of sp³-hybridized carbons (Fsp3) is 0.235. The molecule has 4 atom stereocenters. The van der Waals surface area contributed by atoms with Crippen molar-refractivity contribution >= 4 is 17.9 Å². The van der Waals surface area contributed by atoms with E-state index in [0.717, 1.165) is 52.0 Å². The molecule has 2 N–H and O–H groups in total. The van der Waals surface area contributed by atoms with Gasteiger partial charge in [0.25, 0.3) is 5.91 Å². The molecule has 1 unspecified atom stereocenters. The first kappa shape index (κ1) is 41.3. The number of aliphatic hydroxyl groups excluding tert-OH is 1. The number of hydrogen-bond donors (Lipinski definition) is 2. The fourth-order valence-electron chi connectivity index (χ4n) is 7.95. The van der Waals surface area contributed by atoms with Crippen molar-refractivity contribution in [3.8, 4) is 11.1 Å². The lowest BCUT2D eigenvalue weighted by Gasteiger charge is -2.38.